The lowest BCUT2D eigenvalue weighted by Crippen LogP contribution is -2.22. The number of aliphatic hydroxyl groups excluding tert-OH is 2. The van der Waals surface area contributed by atoms with Crippen molar-refractivity contribution in [1.29, 1.82) is 0 Å². The maximum absolute atomic E-state index is 8.71. The fraction of sp³-hybridized carbons (Fsp3) is 1.00. The molecule has 2 unspecified atom stereocenters. The Balaban J connectivity index is 1.95. The van der Waals surface area contributed by atoms with E-state index in [9.17, 15) is 0 Å². The summed E-state index contributed by atoms with van der Waals surface area (Å²) in [6.45, 7) is 0.621. The van der Waals surface area contributed by atoms with Crippen molar-refractivity contribution in [3.05, 3.63) is 0 Å². The first-order valence-corrected chi connectivity index (χ1v) is 10.9. The zero-order valence-electron chi connectivity index (χ0n) is 10.8. The van der Waals surface area contributed by atoms with Crippen LogP contribution < -0.4 is 0 Å². The minimum Gasteiger partial charge on any atom is -0.396 e. The van der Waals surface area contributed by atoms with Crippen LogP contribution in [0.4, 0.5) is 0 Å². The third kappa shape index (κ3) is 8.48. The van der Waals surface area contributed by atoms with Crippen LogP contribution in [0.15, 0.2) is 0 Å². The molecule has 0 saturated carbocycles. The lowest BCUT2D eigenvalue weighted by molar-refractivity contribution is 0.322. The topological polar surface area (TPSA) is 40.5 Å². The first-order chi connectivity index (χ1) is 8.86. The molecular formula is C12H24O2S4. The quantitative estimate of drug-likeness (QED) is 0.600. The van der Waals surface area contributed by atoms with Gasteiger partial charge in [-0.05, 0) is 24.3 Å². The Bertz CT molecular complexity index is 167. The maximum Gasteiger partial charge on any atom is 0.0521 e. The molecule has 0 bridgehead atoms. The molecule has 18 heavy (non-hydrogen) atoms. The molecule has 1 saturated heterocycles. The standard InChI is InChI=1S/C12H24O2S4/c13-3-7-15-5-1-11-9-18-12(10-17-11)2-6-16-8-4-14/h11-14H,1-10H2. The Morgan fingerprint density at radius 3 is 1.56 bits per heavy atom. The van der Waals surface area contributed by atoms with Crippen molar-refractivity contribution in [2.75, 3.05) is 47.7 Å². The first-order valence-electron chi connectivity index (χ1n) is 6.47. The molecule has 0 aromatic heterocycles. The zero-order chi connectivity index (χ0) is 13.1. The van der Waals surface area contributed by atoms with Gasteiger partial charge in [0, 0.05) is 33.5 Å². The Kier molecular flexibility index (Phi) is 11.7. The molecule has 2 atom stereocenters. The number of hydrogen-bond acceptors (Lipinski definition) is 6. The summed E-state index contributed by atoms with van der Waals surface area (Å²) < 4.78 is 0. The van der Waals surface area contributed by atoms with Crippen LogP contribution >= 0.6 is 47.0 Å². The van der Waals surface area contributed by atoms with Gasteiger partial charge in [0.2, 0.25) is 0 Å². The molecule has 0 aliphatic carbocycles. The number of thioether (sulfide) groups is 4. The van der Waals surface area contributed by atoms with Crippen LogP contribution in [0.3, 0.4) is 0 Å². The van der Waals surface area contributed by atoms with E-state index in [2.05, 4.69) is 23.5 Å². The summed E-state index contributed by atoms with van der Waals surface area (Å²) in [6, 6.07) is 0. The van der Waals surface area contributed by atoms with Crippen molar-refractivity contribution in [3.63, 3.8) is 0 Å². The third-order valence-electron chi connectivity index (χ3n) is 2.68. The van der Waals surface area contributed by atoms with Gasteiger partial charge in [0.15, 0.2) is 0 Å². The molecule has 0 aromatic rings. The molecular weight excluding hydrogens is 304 g/mol. The van der Waals surface area contributed by atoms with E-state index >= 15 is 0 Å². The minimum atomic E-state index is 0.310. The second-order valence-corrected chi connectivity index (χ2v) is 9.28. The van der Waals surface area contributed by atoms with Gasteiger partial charge in [0.25, 0.3) is 0 Å². The van der Waals surface area contributed by atoms with E-state index in [-0.39, 0.29) is 0 Å². The average molecular weight is 329 g/mol. The molecule has 2 N–H and O–H groups in total. The van der Waals surface area contributed by atoms with Gasteiger partial charge in [-0.3, -0.25) is 0 Å². The van der Waals surface area contributed by atoms with E-state index in [1.807, 2.05) is 23.5 Å². The Morgan fingerprint density at radius 1 is 0.778 bits per heavy atom. The molecule has 108 valence electrons. The fourth-order valence-corrected chi connectivity index (χ4v) is 6.66. The van der Waals surface area contributed by atoms with Crippen molar-refractivity contribution in [3.8, 4) is 0 Å². The van der Waals surface area contributed by atoms with Crippen molar-refractivity contribution in [1.82, 2.24) is 0 Å². The number of rotatable bonds is 10. The van der Waals surface area contributed by atoms with Crippen LogP contribution in [0.2, 0.25) is 0 Å². The van der Waals surface area contributed by atoms with Gasteiger partial charge in [0.05, 0.1) is 13.2 Å². The van der Waals surface area contributed by atoms with Gasteiger partial charge in [-0.25, -0.2) is 0 Å². The smallest absolute Gasteiger partial charge is 0.0521 e. The van der Waals surface area contributed by atoms with Gasteiger partial charge in [-0.2, -0.15) is 47.0 Å². The molecule has 0 amide bonds. The third-order valence-corrected chi connectivity index (χ3v) is 8.03. The van der Waals surface area contributed by atoms with Crippen LogP contribution in [0.5, 0.6) is 0 Å². The lowest BCUT2D eigenvalue weighted by atomic mass is 10.3. The van der Waals surface area contributed by atoms with Crippen molar-refractivity contribution >= 4 is 47.0 Å². The van der Waals surface area contributed by atoms with Crippen LogP contribution in [-0.2, 0) is 0 Å². The Hall–Kier alpha value is 1.32. The van der Waals surface area contributed by atoms with E-state index < -0.39 is 0 Å². The van der Waals surface area contributed by atoms with Crippen LogP contribution in [0.1, 0.15) is 12.8 Å². The predicted octanol–water partition coefficient (Wildman–Crippen LogP) is 2.43. The highest BCUT2D eigenvalue weighted by atomic mass is 32.2. The zero-order valence-corrected chi connectivity index (χ0v) is 14.0. The summed E-state index contributed by atoms with van der Waals surface area (Å²) in [7, 11) is 0. The van der Waals surface area contributed by atoms with Crippen molar-refractivity contribution < 1.29 is 10.2 Å². The van der Waals surface area contributed by atoms with E-state index in [1.54, 1.807) is 0 Å². The second-order valence-electron chi connectivity index (χ2n) is 4.16. The highest BCUT2D eigenvalue weighted by Gasteiger charge is 2.21. The molecule has 0 aromatic carbocycles. The van der Waals surface area contributed by atoms with Gasteiger partial charge in [-0.1, -0.05) is 0 Å². The lowest BCUT2D eigenvalue weighted by Gasteiger charge is -2.27. The van der Waals surface area contributed by atoms with Gasteiger partial charge in [0.1, 0.15) is 0 Å². The summed E-state index contributed by atoms with van der Waals surface area (Å²) in [5.74, 6) is 6.73. The summed E-state index contributed by atoms with van der Waals surface area (Å²) >= 11 is 8.01. The fourth-order valence-electron chi connectivity index (χ4n) is 1.68. The summed E-state index contributed by atoms with van der Waals surface area (Å²) in [6.07, 6.45) is 2.57. The molecule has 1 aliphatic rings. The van der Waals surface area contributed by atoms with Crippen LogP contribution in [-0.4, -0.2) is 68.4 Å². The minimum absolute atomic E-state index is 0.310. The van der Waals surface area contributed by atoms with Crippen LogP contribution in [0, 0.1) is 0 Å². The Morgan fingerprint density at radius 2 is 1.22 bits per heavy atom. The summed E-state index contributed by atoms with van der Waals surface area (Å²) in [5.41, 5.74) is 0. The monoisotopic (exact) mass is 328 g/mol. The van der Waals surface area contributed by atoms with Gasteiger partial charge in [-0.15, -0.1) is 0 Å². The summed E-state index contributed by atoms with van der Waals surface area (Å²) in [5, 5.41) is 19.1. The van der Waals surface area contributed by atoms with E-state index in [0.29, 0.717) is 13.2 Å². The molecule has 1 heterocycles. The Labute approximate surface area is 128 Å². The average Bonchev–Trinajstić information content (AvgIpc) is 2.41. The highest BCUT2D eigenvalue weighted by Crippen LogP contribution is 2.34. The molecule has 1 fully saturated rings. The normalized spacial score (nSPS) is 24.3. The molecule has 0 radical (unpaired) electrons. The highest BCUT2D eigenvalue weighted by molar-refractivity contribution is 8.07. The molecule has 2 nitrogen and oxygen atoms in total. The van der Waals surface area contributed by atoms with E-state index in [0.717, 1.165) is 22.0 Å². The van der Waals surface area contributed by atoms with Crippen LogP contribution in [0.25, 0.3) is 0 Å². The second kappa shape index (κ2) is 12.1. The predicted molar refractivity (Wildman–Crippen MR) is 90.5 cm³/mol. The van der Waals surface area contributed by atoms with Crippen molar-refractivity contribution in [2.45, 2.75) is 23.3 Å². The first kappa shape index (κ1) is 17.4. The molecule has 6 heteroatoms. The molecule has 1 aliphatic heterocycles. The largest absolute Gasteiger partial charge is 0.396 e. The number of hydrogen-bond donors (Lipinski definition) is 2. The maximum atomic E-state index is 8.71. The molecule has 0 spiro atoms. The van der Waals surface area contributed by atoms with E-state index in [4.69, 9.17) is 10.2 Å². The van der Waals surface area contributed by atoms with Gasteiger partial charge < -0.3 is 10.2 Å². The van der Waals surface area contributed by atoms with Gasteiger partial charge >= 0.3 is 0 Å². The number of aliphatic hydroxyl groups is 2. The van der Waals surface area contributed by atoms with E-state index in [1.165, 1.54) is 35.9 Å². The summed E-state index contributed by atoms with van der Waals surface area (Å²) in [4.78, 5) is 0. The SMILES string of the molecule is OCCSCCC1CSC(CCSCCO)CS1. The molecule has 1 rings (SSSR count). The van der Waals surface area contributed by atoms with Crippen molar-refractivity contribution in [2.24, 2.45) is 0 Å².